The van der Waals surface area contributed by atoms with E-state index < -0.39 is 34.5 Å². The third kappa shape index (κ3) is 6.66. The van der Waals surface area contributed by atoms with Crippen molar-refractivity contribution in [3.8, 4) is 5.75 Å². The normalized spacial score (nSPS) is 19.3. The highest BCUT2D eigenvalue weighted by molar-refractivity contribution is 7.89. The van der Waals surface area contributed by atoms with Gasteiger partial charge in [0, 0.05) is 12.6 Å². The summed E-state index contributed by atoms with van der Waals surface area (Å²) in [6.45, 7) is 0.0638. The van der Waals surface area contributed by atoms with Crippen molar-refractivity contribution in [2.24, 2.45) is 5.92 Å². The maximum atomic E-state index is 14.1. The Kier molecular flexibility index (Phi) is 6.41. The van der Waals surface area contributed by atoms with E-state index in [9.17, 15) is 22.4 Å². The molecule has 2 fully saturated rings. The van der Waals surface area contributed by atoms with Crippen LogP contribution in [0.25, 0.3) is 0 Å². The molecule has 3 amide bonds. The van der Waals surface area contributed by atoms with Gasteiger partial charge in [0.1, 0.15) is 6.54 Å². The number of hydrogen-bond acceptors (Lipinski definition) is 5. The Morgan fingerprint density at radius 2 is 2.10 bits per heavy atom. The summed E-state index contributed by atoms with van der Waals surface area (Å²) in [5.74, 6) is -1.66. The Morgan fingerprint density at radius 3 is 2.77 bits per heavy atom. The van der Waals surface area contributed by atoms with Crippen LogP contribution in [0.1, 0.15) is 53.4 Å². The van der Waals surface area contributed by atoms with Crippen molar-refractivity contribution < 1.29 is 29.9 Å². The molecule has 2 aliphatic rings. The highest BCUT2D eigenvalue weighted by Gasteiger charge is 2.26. The lowest BCUT2D eigenvalue weighted by atomic mass is 10.1. The molecular weight excluding hydrogens is 413 g/mol. The second-order valence-electron chi connectivity index (χ2n) is 7.68. The van der Waals surface area contributed by atoms with Crippen molar-refractivity contribution in [3.63, 3.8) is 0 Å². The van der Waals surface area contributed by atoms with Crippen molar-refractivity contribution in [1.29, 1.82) is 0 Å². The van der Waals surface area contributed by atoms with E-state index in [0.717, 1.165) is 6.07 Å². The van der Waals surface area contributed by atoms with Crippen molar-refractivity contribution >= 4 is 22.0 Å². The number of ether oxygens (including phenoxy) is 1. The molecule has 8 nitrogen and oxygen atoms in total. The van der Waals surface area contributed by atoms with E-state index in [0.29, 0.717) is 44.2 Å². The van der Waals surface area contributed by atoms with Gasteiger partial charge in [-0.3, -0.25) is 10.1 Å². The molecule has 1 aromatic rings. The number of sulfonamides is 1. The molecule has 1 aliphatic heterocycles. The SMILES string of the molecule is [2H]C([2H])(Oc1cc(C(C)NS(=O)(=O)CCCCCN2CC(=O)NC2=O)ccc1F)C1CC1. The van der Waals surface area contributed by atoms with Gasteiger partial charge in [-0.2, -0.15) is 0 Å². The fourth-order valence-electron chi connectivity index (χ4n) is 3.05. The number of unbranched alkanes of at least 4 members (excludes halogenated alkanes) is 2. The number of imide groups is 1. The van der Waals surface area contributed by atoms with Crippen LogP contribution in [-0.2, 0) is 14.8 Å². The third-order valence-electron chi connectivity index (χ3n) is 4.93. The number of nitrogens with one attached hydrogen (secondary N) is 2. The van der Waals surface area contributed by atoms with Gasteiger partial charge in [-0.05, 0) is 56.2 Å². The summed E-state index contributed by atoms with van der Waals surface area (Å²) >= 11 is 0. The molecule has 1 aliphatic carbocycles. The molecule has 10 heteroatoms. The molecule has 0 bridgehead atoms. The molecule has 0 spiro atoms. The minimum atomic E-state index is -3.62. The Hall–Kier alpha value is -2.20. The topological polar surface area (TPSA) is 105 Å². The summed E-state index contributed by atoms with van der Waals surface area (Å²) in [5, 5.41) is 2.19. The Morgan fingerprint density at radius 1 is 1.33 bits per heavy atom. The minimum Gasteiger partial charge on any atom is -0.490 e. The molecule has 1 heterocycles. The van der Waals surface area contributed by atoms with E-state index in [1.807, 2.05) is 0 Å². The summed E-state index contributed by atoms with van der Waals surface area (Å²) in [5.41, 5.74) is 0.460. The first kappa shape index (κ1) is 19.7. The van der Waals surface area contributed by atoms with E-state index in [4.69, 9.17) is 7.48 Å². The van der Waals surface area contributed by atoms with Crippen LogP contribution in [0.15, 0.2) is 18.2 Å². The smallest absolute Gasteiger partial charge is 0.324 e. The summed E-state index contributed by atoms with van der Waals surface area (Å²) in [4.78, 5) is 24.0. The van der Waals surface area contributed by atoms with Gasteiger partial charge < -0.3 is 9.64 Å². The Labute approximate surface area is 179 Å². The lowest BCUT2D eigenvalue weighted by Crippen LogP contribution is -2.30. The number of halogens is 1. The van der Waals surface area contributed by atoms with Gasteiger partial charge >= 0.3 is 6.03 Å². The third-order valence-corrected chi connectivity index (χ3v) is 6.47. The number of benzene rings is 1. The van der Waals surface area contributed by atoms with Gasteiger partial charge in [0.25, 0.3) is 0 Å². The van der Waals surface area contributed by atoms with Crippen molar-refractivity contribution in [2.75, 3.05) is 25.4 Å². The molecule has 0 radical (unpaired) electrons. The molecule has 1 aromatic carbocycles. The van der Waals surface area contributed by atoms with Crippen LogP contribution in [-0.4, -0.2) is 50.7 Å². The van der Waals surface area contributed by atoms with Crippen molar-refractivity contribution in [3.05, 3.63) is 29.6 Å². The molecule has 166 valence electrons. The summed E-state index contributed by atoms with van der Waals surface area (Å²) in [6, 6.07) is 2.81. The first-order chi connectivity index (χ1) is 15.0. The van der Waals surface area contributed by atoms with E-state index >= 15 is 0 Å². The average molecular weight is 444 g/mol. The number of nitrogens with zero attached hydrogens (tertiary/aromatic N) is 1. The Bertz CT molecular complexity index is 972. The van der Waals surface area contributed by atoms with Crippen LogP contribution in [0, 0.1) is 11.7 Å². The van der Waals surface area contributed by atoms with E-state index in [2.05, 4.69) is 10.0 Å². The first-order valence-corrected chi connectivity index (χ1v) is 11.7. The first-order valence-electron chi connectivity index (χ1n) is 11.0. The van der Waals surface area contributed by atoms with Crippen molar-refractivity contribution in [2.45, 2.75) is 45.1 Å². The monoisotopic (exact) mass is 443 g/mol. The van der Waals surface area contributed by atoms with Crippen LogP contribution < -0.4 is 14.8 Å². The number of urea groups is 1. The van der Waals surface area contributed by atoms with E-state index in [1.165, 1.54) is 17.0 Å². The van der Waals surface area contributed by atoms with Gasteiger partial charge in [0.05, 0.1) is 15.1 Å². The van der Waals surface area contributed by atoms with Crippen LogP contribution in [0.5, 0.6) is 5.75 Å². The van der Waals surface area contributed by atoms with Gasteiger partial charge in [0.15, 0.2) is 11.6 Å². The summed E-state index contributed by atoms with van der Waals surface area (Å²) in [7, 11) is -3.62. The maximum absolute atomic E-state index is 14.1. The predicted octanol–water partition coefficient (Wildman–Crippen LogP) is 2.32. The number of carbonyl (C=O) groups is 2. The molecular formula is C20H28FN3O5S. The molecule has 0 aromatic heterocycles. The molecule has 30 heavy (non-hydrogen) atoms. The quantitative estimate of drug-likeness (QED) is 0.381. The van der Waals surface area contributed by atoms with Crippen LogP contribution in [0.3, 0.4) is 0 Å². The Balaban J connectivity index is 1.47. The zero-order valence-corrected chi connectivity index (χ0v) is 17.6. The average Bonchev–Trinajstić information content (AvgIpc) is 3.49. The number of rotatable bonds is 12. The number of amides is 3. The zero-order valence-electron chi connectivity index (χ0n) is 18.8. The lowest BCUT2D eigenvalue weighted by Gasteiger charge is -2.16. The standard InChI is InChI=1S/C20H28FN3O5S/c1-14(16-7-8-17(21)18(11-16)29-13-15-5-6-15)23-30(27,28)10-4-2-3-9-24-12-19(25)22-20(24)26/h7-8,11,14-15,23H,2-6,9-10,12-13H2,1H3,(H,22,25,26)/i13D2. The number of carbonyl (C=O) groups excluding carboxylic acids is 2. The molecule has 1 saturated carbocycles. The largest absolute Gasteiger partial charge is 0.490 e. The minimum absolute atomic E-state index is 0.0296. The van der Waals surface area contributed by atoms with Gasteiger partial charge in [-0.15, -0.1) is 0 Å². The lowest BCUT2D eigenvalue weighted by molar-refractivity contribution is -0.118. The van der Waals surface area contributed by atoms with Gasteiger partial charge in [-0.1, -0.05) is 12.5 Å². The predicted molar refractivity (Wildman–Crippen MR) is 109 cm³/mol. The fourth-order valence-corrected chi connectivity index (χ4v) is 4.42. The molecule has 1 atom stereocenters. The fraction of sp³-hybridized carbons (Fsp3) is 0.600. The maximum Gasteiger partial charge on any atom is 0.324 e. The summed E-state index contributed by atoms with van der Waals surface area (Å²) < 4.78 is 62.5. The van der Waals surface area contributed by atoms with E-state index in [-0.39, 0.29) is 29.9 Å². The molecule has 2 N–H and O–H groups in total. The molecule has 1 unspecified atom stereocenters. The van der Waals surface area contributed by atoms with Crippen molar-refractivity contribution in [1.82, 2.24) is 14.9 Å². The highest BCUT2D eigenvalue weighted by atomic mass is 32.2. The second kappa shape index (κ2) is 9.74. The zero-order chi connectivity index (χ0) is 23.5. The summed E-state index contributed by atoms with van der Waals surface area (Å²) in [6.07, 6.45) is 2.90. The highest BCUT2D eigenvalue weighted by Crippen LogP contribution is 2.31. The van der Waals surface area contributed by atoms with Gasteiger partial charge in [0.2, 0.25) is 15.9 Å². The van der Waals surface area contributed by atoms with E-state index in [1.54, 1.807) is 6.92 Å². The van der Waals surface area contributed by atoms with Crippen LogP contribution >= 0.6 is 0 Å². The second-order valence-corrected chi connectivity index (χ2v) is 9.55. The molecule has 1 saturated heterocycles. The molecule has 3 rings (SSSR count). The van der Waals surface area contributed by atoms with Crippen LogP contribution in [0.4, 0.5) is 9.18 Å². The number of hydrogen-bond donors (Lipinski definition) is 2. The van der Waals surface area contributed by atoms with Gasteiger partial charge in [-0.25, -0.2) is 22.3 Å². The van der Waals surface area contributed by atoms with Crippen LogP contribution in [0.2, 0.25) is 0 Å².